The van der Waals surface area contributed by atoms with E-state index in [1.165, 1.54) is 10.9 Å². The first kappa shape index (κ1) is 17.5. The highest BCUT2D eigenvalue weighted by atomic mass is 16.5. The number of carbonyl (C=O) groups is 2. The van der Waals surface area contributed by atoms with Crippen molar-refractivity contribution in [3.8, 4) is 5.75 Å². The SMILES string of the molecule is COc1ccc(NC(=O)Cn2cc(NC(=O)C(C)(C)C)cn2)cc1. The third-order valence-electron chi connectivity index (χ3n) is 3.25. The minimum absolute atomic E-state index is 0.0530. The van der Waals surface area contributed by atoms with Gasteiger partial charge >= 0.3 is 0 Å². The molecule has 1 aromatic heterocycles. The fourth-order valence-corrected chi connectivity index (χ4v) is 1.86. The fraction of sp³-hybridized carbons (Fsp3) is 0.353. The van der Waals surface area contributed by atoms with E-state index in [1.807, 2.05) is 20.8 Å². The van der Waals surface area contributed by atoms with Gasteiger partial charge in [-0.15, -0.1) is 0 Å². The molecule has 0 radical (unpaired) electrons. The van der Waals surface area contributed by atoms with E-state index in [2.05, 4.69) is 15.7 Å². The van der Waals surface area contributed by atoms with Gasteiger partial charge in [-0.3, -0.25) is 14.3 Å². The van der Waals surface area contributed by atoms with Crippen LogP contribution in [-0.2, 0) is 16.1 Å². The van der Waals surface area contributed by atoms with Crippen molar-refractivity contribution in [2.24, 2.45) is 5.41 Å². The second-order valence-corrected chi connectivity index (χ2v) is 6.41. The molecule has 128 valence electrons. The van der Waals surface area contributed by atoms with Gasteiger partial charge in [0.1, 0.15) is 12.3 Å². The van der Waals surface area contributed by atoms with E-state index in [4.69, 9.17) is 4.74 Å². The molecule has 0 spiro atoms. The zero-order valence-electron chi connectivity index (χ0n) is 14.3. The largest absolute Gasteiger partial charge is 0.497 e. The van der Waals surface area contributed by atoms with Crippen molar-refractivity contribution >= 4 is 23.2 Å². The molecule has 0 unspecified atom stereocenters. The summed E-state index contributed by atoms with van der Waals surface area (Å²) in [5, 5.41) is 9.62. The maximum atomic E-state index is 12.0. The van der Waals surface area contributed by atoms with E-state index in [0.29, 0.717) is 11.4 Å². The minimum Gasteiger partial charge on any atom is -0.497 e. The molecule has 0 fully saturated rings. The summed E-state index contributed by atoms with van der Waals surface area (Å²) >= 11 is 0. The number of nitrogens with one attached hydrogen (secondary N) is 2. The number of aromatic nitrogens is 2. The molecular weight excluding hydrogens is 308 g/mol. The molecular formula is C17H22N4O3. The Morgan fingerprint density at radius 1 is 1.12 bits per heavy atom. The van der Waals surface area contributed by atoms with Crippen molar-refractivity contribution in [1.82, 2.24) is 9.78 Å². The summed E-state index contributed by atoms with van der Waals surface area (Å²) < 4.78 is 6.54. The Kier molecular flexibility index (Phi) is 5.23. The first-order valence-corrected chi connectivity index (χ1v) is 7.56. The monoisotopic (exact) mass is 330 g/mol. The number of carbonyl (C=O) groups excluding carboxylic acids is 2. The molecule has 7 nitrogen and oxygen atoms in total. The lowest BCUT2D eigenvalue weighted by Gasteiger charge is -2.16. The van der Waals surface area contributed by atoms with Gasteiger partial charge in [0.15, 0.2) is 0 Å². The van der Waals surface area contributed by atoms with Crippen molar-refractivity contribution in [2.75, 3.05) is 17.7 Å². The van der Waals surface area contributed by atoms with E-state index in [9.17, 15) is 9.59 Å². The highest BCUT2D eigenvalue weighted by Gasteiger charge is 2.21. The highest BCUT2D eigenvalue weighted by molar-refractivity contribution is 5.94. The summed E-state index contributed by atoms with van der Waals surface area (Å²) in [7, 11) is 1.58. The lowest BCUT2D eigenvalue weighted by atomic mass is 9.96. The zero-order chi connectivity index (χ0) is 17.7. The molecule has 0 saturated carbocycles. The Hall–Kier alpha value is -2.83. The van der Waals surface area contributed by atoms with E-state index in [-0.39, 0.29) is 18.4 Å². The van der Waals surface area contributed by atoms with Gasteiger partial charge in [0.25, 0.3) is 0 Å². The smallest absolute Gasteiger partial charge is 0.246 e. The van der Waals surface area contributed by atoms with Gasteiger partial charge in [-0.2, -0.15) is 5.10 Å². The number of nitrogens with zero attached hydrogens (tertiary/aromatic N) is 2. The second kappa shape index (κ2) is 7.16. The average Bonchev–Trinajstić information content (AvgIpc) is 2.94. The molecule has 2 amide bonds. The second-order valence-electron chi connectivity index (χ2n) is 6.41. The average molecular weight is 330 g/mol. The normalized spacial score (nSPS) is 11.0. The summed E-state index contributed by atoms with van der Waals surface area (Å²) in [6.45, 7) is 5.54. The van der Waals surface area contributed by atoms with Crippen LogP contribution in [0.5, 0.6) is 5.75 Å². The van der Waals surface area contributed by atoms with Crippen LogP contribution in [0.2, 0.25) is 0 Å². The Labute approximate surface area is 141 Å². The summed E-state index contributed by atoms with van der Waals surface area (Å²) in [6.07, 6.45) is 3.14. The molecule has 0 aliphatic heterocycles. The molecule has 0 atom stereocenters. The first-order valence-electron chi connectivity index (χ1n) is 7.56. The summed E-state index contributed by atoms with van der Waals surface area (Å²) in [6, 6.07) is 7.05. The molecule has 2 rings (SSSR count). The van der Waals surface area contributed by atoms with Gasteiger partial charge in [-0.1, -0.05) is 20.8 Å². The van der Waals surface area contributed by atoms with Crippen molar-refractivity contribution in [1.29, 1.82) is 0 Å². The first-order chi connectivity index (χ1) is 11.3. The van der Waals surface area contributed by atoms with Crippen LogP contribution in [0.3, 0.4) is 0 Å². The number of anilines is 2. The Balaban J connectivity index is 1.91. The Morgan fingerprint density at radius 2 is 1.79 bits per heavy atom. The predicted molar refractivity (Wildman–Crippen MR) is 91.9 cm³/mol. The Bertz CT molecular complexity index is 714. The van der Waals surface area contributed by atoms with Crippen LogP contribution in [0.4, 0.5) is 11.4 Å². The molecule has 24 heavy (non-hydrogen) atoms. The van der Waals surface area contributed by atoms with E-state index < -0.39 is 5.41 Å². The van der Waals surface area contributed by atoms with Crippen LogP contribution in [-0.4, -0.2) is 28.7 Å². The van der Waals surface area contributed by atoms with Gasteiger partial charge in [0, 0.05) is 17.3 Å². The van der Waals surface area contributed by atoms with Crippen LogP contribution in [0.25, 0.3) is 0 Å². The number of amides is 2. The zero-order valence-corrected chi connectivity index (χ0v) is 14.3. The molecule has 1 aromatic carbocycles. The minimum atomic E-state index is -0.492. The van der Waals surface area contributed by atoms with Crippen molar-refractivity contribution in [2.45, 2.75) is 27.3 Å². The fourth-order valence-electron chi connectivity index (χ4n) is 1.86. The number of ether oxygens (including phenoxy) is 1. The van der Waals surface area contributed by atoms with Crippen molar-refractivity contribution in [3.05, 3.63) is 36.7 Å². The number of hydrogen-bond donors (Lipinski definition) is 2. The predicted octanol–water partition coefficient (Wildman–Crippen LogP) is 2.52. The highest BCUT2D eigenvalue weighted by Crippen LogP contribution is 2.17. The van der Waals surface area contributed by atoms with Crippen LogP contribution in [0.15, 0.2) is 36.7 Å². The van der Waals surface area contributed by atoms with Gasteiger partial charge in [0.05, 0.1) is 19.0 Å². The van der Waals surface area contributed by atoms with Crippen LogP contribution in [0.1, 0.15) is 20.8 Å². The molecule has 2 aromatic rings. The topological polar surface area (TPSA) is 85.2 Å². The van der Waals surface area contributed by atoms with Gasteiger partial charge in [-0.05, 0) is 24.3 Å². The summed E-state index contributed by atoms with van der Waals surface area (Å²) in [5.41, 5.74) is 0.745. The van der Waals surface area contributed by atoms with E-state index >= 15 is 0 Å². The number of methoxy groups -OCH3 is 1. The maximum Gasteiger partial charge on any atom is 0.246 e. The molecule has 7 heteroatoms. The number of hydrogen-bond acceptors (Lipinski definition) is 4. The maximum absolute atomic E-state index is 12.0. The number of rotatable bonds is 5. The summed E-state index contributed by atoms with van der Waals surface area (Å²) in [5.74, 6) is 0.404. The van der Waals surface area contributed by atoms with Crippen LogP contribution >= 0.6 is 0 Å². The molecule has 2 N–H and O–H groups in total. The standard InChI is InChI=1S/C17H22N4O3/c1-17(2,3)16(23)20-13-9-18-21(10-13)11-15(22)19-12-5-7-14(24-4)8-6-12/h5-10H,11H2,1-4H3,(H,19,22)(H,20,23). The molecule has 0 bridgehead atoms. The quantitative estimate of drug-likeness (QED) is 0.882. The van der Waals surface area contributed by atoms with Crippen molar-refractivity contribution in [3.63, 3.8) is 0 Å². The van der Waals surface area contributed by atoms with Crippen LogP contribution in [0, 0.1) is 5.41 Å². The molecule has 1 heterocycles. The lowest BCUT2D eigenvalue weighted by molar-refractivity contribution is -0.123. The molecule has 0 aliphatic rings. The van der Waals surface area contributed by atoms with Crippen molar-refractivity contribution < 1.29 is 14.3 Å². The summed E-state index contributed by atoms with van der Waals surface area (Å²) in [4.78, 5) is 24.0. The molecule has 0 saturated heterocycles. The van der Waals surface area contributed by atoms with E-state index in [1.54, 1.807) is 37.6 Å². The van der Waals surface area contributed by atoms with E-state index in [0.717, 1.165) is 5.75 Å². The lowest BCUT2D eigenvalue weighted by Crippen LogP contribution is -2.27. The van der Waals surface area contributed by atoms with Gasteiger partial charge in [-0.25, -0.2) is 0 Å². The third kappa shape index (κ3) is 4.84. The Morgan fingerprint density at radius 3 is 2.38 bits per heavy atom. The van der Waals surface area contributed by atoms with Gasteiger partial charge in [0.2, 0.25) is 11.8 Å². The van der Waals surface area contributed by atoms with Crippen LogP contribution < -0.4 is 15.4 Å². The molecule has 0 aliphatic carbocycles. The van der Waals surface area contributed by atoms with Gasteiger partial charge < -0.3 is 15.4 Å². The number of benzene rings is 1. The third-order valence-corrected chi connectivity index (χ3v) is 3.25.